The number of hydrogen-bond donors (Lipinski definition) is 1. The smallest absolute Gasteiger partial charge is 0.224 e. The van der Waals surface area contributed by atoms with E-state index in [2.05, 4.69) is 69.1 Å². The Bertz CT molecular complexity index is 1060. The summed E-state index contributed by atoms with van der Waals surface area (Å²) < 4.78 is 1.97. The molecule has 4 atom stereocenters. The van der Waals surface area contributed by atoms with Crippen LogP contribution in [0.4, 0.5) is 0 Å². The van der Waals surface area contributed by atoms with Crippen molar-refractivity contribution in [1.82, 2.24) is 25.2 Å². The predicted octanol–water partition coefficient (Wildman–Crippen LogP) is 3.85. The predicted molar refractivity (Wildman–Crippen MR) is 126 cm³/mol. The molecule has 0 saturated carbocycles. The maximum absolute atomic E-state index is 12.6. The Labute approximate surface area is 189 Å². The van der Waals surface area contributed by atoms with Crippen molar-refractivity contribution in [3.63, 3.8) is 0 Å². The van der Waals surface area contributed by atoms with Gasteiger partial charge in [0.2, 0.25) is 5.91 Å². The van der Waals surface area contributed by atoms with E-state index < -0.39 is 0 Å². The number of benzene rings is 2. The van der Waals surface area contributed by atoms with Gasteiger partial charge in [0.15, 0.2) is 0 Å². The van der Waals surface area contributed by atoms with Crippen molar-refractivity contribution < 1.29 is 4.79 Å². The van der Waals surface area contributed by atoms with Gasteiger partial charge in [-0.05, 0) is 50.3 Å². The fourth-order valence-electron chi connectivity index (χ4n) is 5.22. The largest absolute Gasteiger partial charge is 0.354 e. The van der Waals surface area contributed by atoms with Crippen molar-refractivity contribution in [2.75, 3.05) is 13.1 Å². The molecule has 0 aliphatic carbocycles. The second-order valence-corrected chi connectivity index (χ2v) is 9.47. The summed E-state index contributed by atoms with van der Waals surface area (Å²) >= 11 is 0. The van der Waals surface area contributed by atoms with Gasteiger partial charge < -0.3 is 5.32 Å². The lowest BCUT2D eigenvalue weighted by molar-refractivity contribution is -0.133. The summed E-state index contributed by atoms with van der Waals surface area (Å²) in [5.74, 6) is 0.809. The van der Waals surface area contributed by atoms with E-state index in [1.165, 1.54) is 11.1 Å². The summed E-state index contributed by atoms with van der Waals surface area (Å²) in [5, 5.41) is 11.9. The highest BCUT2D eigenvalue weighted by atomic mass is 16.2. The van der Waals surface area contributed by atoms with Gasteiger partial charge in [-0.1, -0.05) is 59.8 Å². The minimum absolute atomic E-state index is 0.122. The highest BCUT2D eigenvalue weighted by Gasteiger charge is 2.43. The van der Waals surface area contributed by atoms with Crippen molar-refractivity contribution in [1.29, 1.82) is 0 Å². The molecule has 4 heterocycles. The molecule has 3 fully saturated rings. The molecule has 3 aliphatic rings. The van der Waals surface area contributed by atoms with Crippen LogP contribution in [0.15, 0.2) is 60.8 Å². The molecule has 0 spiro atoms. The average Bonchev–Trinajstić information content (AvgIpc) is 3.28. The molecule has 1 aromatic heterocycles. The lowest BCUT2D eigenvalue weighted by atomic mass is 9.75. The van der Waals surface area contributed by atoms with Crippen LogP contribution >= 0.6 is 0 Å². The Balaban J connectivity index is 1.23. The third kappa shape index (κ3) is 4.32. The fourth-order valence-corrected chi connectivity index (χ4v) is 5.22. The minimum atomic E-state index is 0.122. The SMILES string of the molecule is CC(C)NC(=O)[C@@H]1CN2CC[C@H]1C[C@@H]2Cn1cc(-c2ccc(-c3ccccc3)cc2)nn1. The first kappa shape index (κ1) is 20.9. The maximum Gasteiger partial charge on any atom is 0.224 e. The number of nitrogens with one attached hydrogen (secondary N) is 1. The number of carbonyl (C=O) groups is 1. The molecule has 1 N–H and O–H groups in total. The maximum atomic E-state index is 12.6. The molecule has 32 heavy (non-hydrogen) atoms. The summed E-state index contributed by atoms with van der Waals surface area (Å²) in [4.78, 5) is 15.0. The normalized spacial score (nSPS) is 24.6. The van der Waals surface area contributed by atoms with Crippen molar-refractivity contribution in [3.8, 4) is 22.4 Å². The van der Waals surface area contributed by atoms with E-state index in [1.54, 1.807) is 0 Å². The van der Waals surface area contributed by atoms with Crippen LogP contribution in [0.2, 0.25) is 0 Å². The zero-order chi connectivity index (χ0) is 22.1. The molecule has 0 radical (unpaired) electrons. The number of nitrogens with zero attached hydrogens (tertiary/aromatic N) is 4. The van der Waals surface area contributed by atoms with Gasteiger partial charge in [0.05, 0.1) is 18.7 Å². The number of aromatic nitrogens is 3. The zero-order valence-electron chi connectivity index (χ0n) is 18.8. The van der Waals surface area contributed by atoms with E-state index in [0.29, 0.717) is 12.0 Å². The van der Waals surface area contributed by atoms with E-state index in [-0.39, 0.29) is 17.9 Å². The average molecular weight is 430 g/mol. The van der Waals surface area contributed by atoms with E-state index in [1.807, 2.05) is 30.8 Å². The molecule has 3 aliphatic heterocycles. The van der Waals surface area contributed by atoms with E-state index in [0.717, 1.165) is 43.7 Å². The first-order valence-electron chi connectivity index (χ1n) is 11.7. The van der Waals surface area contributed by atoms with Gasteiger partial charge in [0.25, 0.3) is 0 Å². The molecule has 166 valence electrons. The lowest BCUT2D eigenvalue weighted by Crippen LogP contribution is -2.58. The second-order valence-electron chi connectivity index (χ2n) is 9.47. The molecule has 6 heteroatoms. The molecule has 6 rings (SSSR count). The number of hydrogen-bond acceptors (Lipinski definition) is 4. The van der Waals surface area contributed by atoms with Crippen LogP contribution in [0.1, 0.15) is 26.7 Å². The van der Waals surface area contributed by atoms with Crippen LogP contribution in [0, 0.1) is 11.8 Å². The zero-order valence-corrected chi connectivity index (χ0v) is 18.8. The van der Waals surface area contributed by atoms with Crippen molar-refractivity contribution in [3.05, 3.63) is 60.8 Å². The highest BCUT2D eigenvalue weighted by Crippen LogP contribution is 2.37. The molecule has 2 aromatic carbocycles. The summed E-state index contributed by atoms with van der Waals surface area (Å²) in [7, 11) is 0. The van der Waals surface area contributed by atoms with Crippen LogP contribution in [-0.2, 0) is 11.3 Å². The Morgan fingerprint density at radius 2 is 1.78 bits per heavy atom. The topological polar surface area (TPSA) is 63.1 Å². The Morgan fingerprint density at radius 1 is 1.06 bits per heavy atom. The minimum Gasteiger partial charge on any atom is -0.354 e. The fraction of sp³-hybridized carbons (Fsp3) is 0.423. The lowest BCUT2D eigenvalue weighted by Gasteiger charge is -2.49. The third-order valence-corrected chi connectivity index (χ3v) is 6.87. The van der Waals surface area contributed by atoms with Gasteiger partial charge in [-0.15, -0.1) is 5.10 Å². The van der Waals surface area contributed by atoms with Gasteiger partial charge >= 0.3 is 0 Å². The van der Waals surface area contributed by atoms with E-state index in [4.69, 9.17) is 0 Å². The van der Waals surface area contributed by atoms with Crippen molar-refractivity contribution in [2.45, 2.75) is 45.3 Å². The van der Waals surface area contributed by atoms with E-state index in [9.17, 15) is 4.79 Å². The Kier molecular flexibility index (Phi) is 5.79. The number of amides is 1. The Hall–Kier alpha value is -2.99. The molecular formula is C26H31N5O. The standard InChI is InChI=1S/C26H31N5O/c1-18(2)27-26(32)24-16-30-13-12-22(24)14-23(30)15-31-17-25(28-29-31)21-10-8-20(9-11-21)19-6-4-3-5-7-19/h3-11,17-18,22-24H,12-16H2,1-2H3,(H,27,32)/t22-,23+,24+/m0/s1. The van der Waals surface area contributed by atoms with Crippen LogP contribution in [0.5, 0.6) is 0 Å². The van der Waals surface area contributed by atoms with Gasteiger partial charge in [0.1, 0.15) is 5.69 Å². The van der Waals surface area contributed by atoms with Gasteiger partial charge in [-0.3, -0.25) is 14.4 Å². The van der Waals surface area contributed by atoms with Crippen molar-refractivity contribution in [2.24, 2.45) is 11.8 Å². The molecule has 2 bridgehead atoms. The summed E-state index contributed by atoms with van der Waals surface area (Å²) in [6.07, 6.45) is 4.21. The molecular weight excluding hydrogens is 398 g/mol. The molecule has 3 aromatic rings. The van der Waals surface area contributed by atoms with Gasteiger partial charge in [0, 0.05) is 24.2 Å². The number of carbonyl (C=O) groups excluding carboxylic acids is 1. The number of piperidine rings is 3. The van der Waals surface area contributed by atoms with E-state index >= 15 is 0 Å². The first-order valence-corrected chi connectivity index (χ1v) is 11.7. The molecule has 1 amide bonds. The van der Waals surface area contributed by atoms with Crippen LogP contribution in [-0.4, -0.2) is 51.0 Å². The molecule has 1 unspecified atom stereocenters. The summed E-state index contributed by atoms with van der Waals surface area (Å²) in [6, 6.07) is 19.5. The second kappa shape index (κ2) is 8.87. The van der Waals surface area contributed by atoms with Crippen LogP contribution in [0.3, 0.4) is 0 Å². The van der Waals surface area contributed by atoms with Gasteiger partial charge in [-0.2, -0.15) is 0 Å². The summed E-state index contributed by atoms with van der Waals surface area (Å²) in [6.45, 7) is 6.81. The molecule has 3 saturated heterocycles. The number of rotatable bonds is 6. The summed E-state index contributed by atoms with van der Waals surface area (Å²) in [5.41, 5.74) is 4.38. The highest BCUT2D eigenvalue weighted by molar-refractivity contribution is 5.79. The first-order chi connectivity index (χ1) is 15.6. The third-order valence-electron chi connectivity index (χ3n) is 6.87. The van der Waals surface area contributed by atoms with Crippen LogP contribution in [0.25, 0.3) is 22.4 Å². The van der Waals surface area contributed by atoms with Crippen molar-refractivity contribution >= 4 is 5.91 Å². The Morgan fingerprint density at radius 3 is 2.47 bits per heavy atom. The van der Waals surface area contributed by atoms with Gasteiger partial charge in [-0.25, -0.2) is 0 Å². The number of fused-ring (bicyclic) bond motifs is 3. The monoisotopic (exact) mass is 429 g/mol. The molecule has 6 nitrogen and oxygen atoms in total. The quantitative estimate of drug-likeness (QED) is 0.647. The van der Waals surface area contributed by atoms with Crippen LogP contribution < -0.4 is 5.32 Å².